The maximum atomic E-state index is 15.3. The fourth-order valence-electron chi connectivity index (χ4n) is 4.45. The van der Waals surface area contributed by atoms with Crippen LogP contribution in [0, 0.1) is 11.6 Å². The summed E-state index contributed by atoms with van der Waals surface area (Å²) < 4.78 is 36.3. The van der Waals surface area contributed by atoms with Gasteiger partial charge in [-0.3, -0.25) is 19.5 Å². The van der Waals surface area contributed by atoms with E-state index in [1.54, 1.807) is 37.5 Å². The molecule has 1 aliphatic rings. The molecule has 0 bridgehead atoms. The van der Waals surface area contributed by atoms with E-state index >= 15 is 4.39 Å². The van der Waals surface area contributed by atoms with Crippen molar-refractivity contribution >= 4 is 22.5 Å². The molecule has 1 aromatic carbocycles. The van der Waals surface area contributed by atoms with E-state index in [-0.39, 0.29) is 29.0 Å². The smallest absolute Gasteiger partial charge is 0.277 e. The number of nitrogens with one attached hydrogen (secondary N) is 2. The monoisotopic (exact) mass is 476 g/mol. The molecular weight excluding hydrogens is 458 g/mol. The van der Waals surface area contributed by atoms with Crippen molar-refractivity contribution in [2.45, 2.75) is 19.6 Å². The lowest BCUT2D eigenvalue weighted by Gasteiger charge is -2.16. The van der Waals surface area contributed by atoms with Crippen LogP contribution in [0.4, 0.5) is 8.78 Å². The van der Waals surface area contributed by atoms with Gasteiger partial charge in [-0.2, -0.15) is 5.10 Å². The Kier molecular flexibility index (Phi) is 4.74. The van der Waals surface area contributed by atoms with Crippen LogP contribution in [0.25, 0.3) is 27.9 Å². The van der Waals surface area contributed by atoms with E-state index in [2.05, 4.69) is 20.4 Å². The minimum atomic E-state index is -0.763. The van der Waals surface area contributed by atoms with E-state index in [1.165, 1.54) is 0 Å². The zero-order valence-electron chi connectivity index (χ0n) is 18.4. The van der Waals surface area contributed by atoms with Gasteiger partial charge >= 0.3 is 0 Å². The summed E-state index contributed by atoms with van der Waals surface area (Å²) in [6.07, 6.45) is 2.52. The Hall–Kier alpha value is -4.38. The van der Waals surface area contributed by atoms with E-state index in [9.17, 15) is 14.0 Å². The molecule has 2 N–H and O–H groups in total. The summed E-state index contributed by atoms with van der Waals surface area (Å²) in [5.74, 6) is -0.181. The zero-order valence-corrected chi connectivity index (χ0v) is 18.4. The third kappa shape index (κ3) is 3.39. The normalized spacial score (nSPS) is 13.6. The molecule has 1 amide bonds. The number of pyridine rings is 1. The first-order valence-electron chi connectivity index (χ1n) is 10.8. The van der Waals surface area contributed by atoms with Crippen molar-refractivity contribution in [1.82, 2.24) is 29.8 Å². The first kappa shape index (κ1) is 21.2. The molecule has 0 spiro atoms. The van der Waals surface area contributed by atoms with Gasteiger partial charge in [0, 0.05) is 43.0 Å². The molecule has 0 radical (unpaired) electrons. The SMILES string of the molecule is CNC(=O)c1ccc(-c2cc3c(o2)CN(Cc2ccc4c([nH]c(=O)c5c(F)cnn54)c2F)C3)cn1. The van der Waals surface area contributed by atoms with Crippen LogP contribution in [0.1, 0.15) is 27.4 Å². The molecule has 5 heterocycles. The number of rotatable bonds is 4. The second-order valence-electron chi connectivity index (χ2n) is 8.36. The summed E-state index contributed by atoms with van der Waals surface area (Å²) in [7, 11) is 1.54. The summed E-state index contributed by atoms with van der Waals surface area (Å²) in [4.78, 5) is 32.5. The van der Waals surface area contributed by atoms with Gasteiger partial charge in [-0.1, -0.05) is 6.07 Å². The number of carbonyl (C=O) groups excluding carboxylic acids is 1. The van der Waals surface area contributed by atoms with Crippen molar-refractivity contribution in [3.05, 3.63) is 87.3 Å². The van der Waals surface area contributed by atoms with Crippen LogP contribution >= 0.6 is 0 Å². The van der Waals surface area contributed by atoms with Gasteiger partial charge in [0.25, 0.3) is 11.5 Å². The Morgan fingerprint density at radius 1 is 1.20 bits per heavy atom. The Bertz CT molecular complexity index is 1660. The Labute approximate surface area is 196 Å². The first-order chi connectivity index (χ1) is 16.9. The van der Waals surface area contributed by atoms with Gasteiger partial charge in [-0.05, 0) is 24.3 Å². The number of carbonyl (C=O) groups is 1. The molecular formula is C24H18F2N6O3. The van der Waals surface area contributed by atoms with Crippen LogP contribution in [-0.4, -0.2) is 37.4 Å². The predicted molar refractivity (Wildman–Crippen MR) is 122 cm³/mol. The number of fused-ring (bicyclic) bond motifs is 4. The molecule has 0 saturated heterocycles. The Balaban J connectivity index is 1.23. The molecule has 9 nitrogen and oxygen atoms in total. The minimum absolute atomic E-state index is 0.0195. The largest absolute Gasteiger partial charge is 0.459 e. The van der Waals surface area contributed by atoms with Crippen LogP contribution < -0.4 is 10.9 Å². The second-order valence-corrected chi connectivity index (χ2v) is 8.36. The van der Waals surface area contributed by atoms with Gasteiger partial charge in [0.2, 0.25) is 0 Å². The fourth-order valence-corrected chi connectivity index (χ4v) is 4.45. The zero-order chi connectivity index (χ0) is 24.3. The topological polar surface area (TPSA) is 109 Å². The summed E-state index contributed by atoms with van der Waals surface area (Å²) in [6, 6.07) is 8.55. The number of halogens is 2. The van der Waals surface area contributed by atoms with E-state index in [1.807, 2.05) is 11.0 Å². The fraction of sp³-hybridized carbons (Fsp3) is 0.167. The third-order valence-corrected chi connectivity index (χ3v) is 6.17. The lowest BCUT2D eigenvalue weighted by atomic mass is 10.1. The number of H-pyrrole nitrogens is 1. The number of nitrogens with zero attached hydrogens (tertiary/aromatic N) is 4. The molecule has 1 aliphatic heterocycles. The van der Waals surface area contributed by atoms with Gasteiger partial charge in [-0.25, -0.2) is 13.3 Å². The van der Waals surface area contributed by atoms with Crippen LogP contribution in [0.5, 0.6) is 0 Å². The number of amides is 1. The quantitative estimate of drug-likeness (QED) is 0.413. The average Bonchev–Trinajstić information content (AvgIpc) is 3.54. The second kappa shape index (κ2) is 7.84. The molecule has 0 aliphatic carbocycles. The summed E-state index contributed by atoms with van der Waals surface area (Å²) in [5, 5.41) is 6.39. The highest BCUT2D eigenvalue weighted by Crippen LogP contribution is 2.33. The number of aromatic amines is 1. The Morgan fingerprint density at radius 3 is 2.80 bits per heavy atom. The van der Waals surface area contributed by atoms with E-state index in [0.29, 0.717) is 30.1 Å². The molecule has 5 aromatic rings. The van der Waals surface area contributed by atoms with Crippen molar-refractivity contribution in [3.8, 4) is 11.3 Å². The molecule has 4 aromatic heterocycles. The van der Waals surface area contributed by atoms with Crippen LogP contribution in [0.3, 0.4) is 0 Å². The van der Waals surface area contributed by atoms with Crippen molar-refractivity contribution in [2.24, 2.45) is 0 Å². The first-order valence-corrected chi connectivity index (χ1v) is 10.8. The van der Waals surface area contributed by atoms with Crippen molar-refractivity contribution in [2.75, 3.05) is 7.05 Å². The van der Waals surface area contributed by atoms with Gasteiger partial charge in [0.05, 0.1) is 18.3 Å². The summed E-state index contributed by atoms with van der Waals surface area (Å²) in [5.41, 5.74) is 1.71. The highest BCUT2D eigenvalue weighted by atomic mass is 19.1. The highest BCUT2D eigenvalue weighted by Gasteiger charge is 2.26. The van der Waals surface area contributed by atoms with Gasteiger partial charge in [0.1, 0.15) is 22.7 Å². The van der Waals surface area contributed by atoms with Crippen molar-refractivity contribution in [3.63, 3.8) is 0 Å². The summed E-state index contributed by atoms with van der Waals surface area (Å²) >= 11 is 0. The molecule has 0 saturated carbocycles. The third-order valence-electron chi connectivity index (χ3n) is 6.17. The number of aromatic nitrogens is 4. The maximum absolute atomic E-state index is 15.3. The summed E-state index contributed by atoms with van der Waals surface area (Å²) in [6.45, 7) is 1.33. The molecule has 35 heavy (non-hydrogen) atoms. The Morgan fingerprint density at radius 2 is 2.06 bits per heavy atom. The van der Waals surface area contributed by atoms with Crippen LogP contribution in [0.2, 0.25) is 0 Å². The lowest BCUT2D eigenvalue weighted by Crippen LogP contribution is -2.18. The van der Waals surface area contributed by atoms with Gasteiger partial charge in [-0.15, -0.1) is 0 Å². The van der Waals surface area contributed by atoms with E-state index in [0.717, 1.165) is 27.6 Å². The van der Waals surface area contributed by atoms with Crippen LogP contribution in [0.15, 0.2) is 51.9 Å². The maximum Gasteiger partial charge on any atom is 0.277 e. The number of benzene rings is 1. The molecule has 0 fully saturated rings. The lowest BCUT2D eigenvalue weighted by molar-refractivity contribution is 0.0958. The van der Waals surface area contributed by atoms with Crippen molar-refractivity contribution < 1.29 is 18.0 Å². The molecule has 0 unspecified atom stereocenters. The van der Waals surface area contributed by atoms with Gasteiger partial charge in [0.15, 0.2) is 17.2 Å². The highest BCUT2D eigenvalue weighted by molar-refractivity contribution is 5.92. The predicted octanol–water partition coefficient (Wildman–Crippen LogP) is 2.98. The van der Waals surface area contributed by atoms with Crippen LogP contribution in [-0.2, 0) is 19.6 Å². The average molecular weight is 476 g/mol. The number of hydrogen-bond donors (Lipinski definition) is 2. The molecule has 11 heteroatoms. The number of hydrogen-bond acceptors (Lipinski definition) is 6. The standard InChI is InChI=1S/C24H18F2N6O3/c1-27-23(33)16-4-2-12(7-28-16)18-6-14-10-31(11-19(14)35-18)9-13-3-5-17-21(20(13)26)30-24(34)22-15(25)8-29-32(17)22/h2-8H,9-11H2,1H3,(H,27,33)(H,30,34). The molecule has 176 valence electrons. The van der Waals surface area contributed by atoms with Crippen molar-refractivity contribution in [1.29, 1.82) is 0 Å². The van der Waals surface area contributed by atoms with E-state index < -0.39 is 17.2 Å². The molecule has 0 atom stereocenters. The van der Waals surface area contributed by atoms with E-state index in [4.69, 9.17) is 4.42 Å². The minimum Gasteiger partial charge on any atom is -0.459 e. The van der Waals surface area contributed by atoms with Gasteiger partial charge < -0.3 is 14.7 Å². The number of furan rings is 1. The molecule has 6 rings (SSSR count).